The van der Waals surface area contributed by atoms with Crippen LogP contribution in [0.2, 0.25) is 0 Å². The van der Waals surface area contributed by atoms with E-state index >= 15 is 0 Å². The molecule has 35 heavy (non-hydrogen) atoms. The molecular weight excluding hydrogens is 446 g/mol. The number of aliphatic carboxylic acids is 1. The number of nitrogens with zero attached hydrogens (tertiary/aromatic N) is 1. The average molecular weight is 482 g/mol. The van der Waals surface area contributed by atoms with Crippen LogP contribution >= 0.6 is 0 Å². The highest BCUT2D eigenvalue weighted by Gasteiger charge is 2.29. The fraction of sp³-hybridized carbons (Fsp3) is 0.444. The molecule has 1 aliphatic rings. The number of hydrogen-bond acceptors (Lipinski definition) is 5. The van der Waals surface area contributed by atoms with Gasteiger partial charge in [-0.25, -0.2) is 9.59 Å². The van der Waals surface area contributed by atoms with Gasteiger partial charge in [-0.1, -0.05) is 55.5 Å². The topological polar surface area (TPSA) is 108 Å². The maximum absolute atomic E-state index is 12.3. The van der Waals surface area contributed by atoms with Crippen LogP contribution in [0.25, 0.3) is 11.1 Å². The molecule has 0 saturated heterocycles. The number of fused-ring (bicyclic) bond motifs is 3. The summed E-state index contributed by atoms with van der Waals surface area (Å²) in [5, 5.41) is 14.6. The van der Waals surface area contributed by atoms with Crippen LogP contribution in [-0.4, -0.2) is 67.8 Å². The number of amides is 2. The highest BCUT2D eigenvalue weighted by atomic mass is 16.5. The second kappa shape index (κ2) is 12.4. The van der Waals surface area contributed by atoms with E-state index in [-0.39, 0.29) is 37.3 Å². The van der Waals surface area contributed by atoms with Gasteiger partial charge in [-0.15, -0.1) is 0 Å². The first kappa shape index (κ1) is 26.2. The van der Waals surface area contributed by atoms with Crippen LogP contribution in [0.4, 0.5) is 4.79 Å². The third-order valence-corrected chi connectivity index (χ3v) is 6.30. The van der Waals surface area contributed by atoms with Crippen molar-refractivity contribution >= 4 is 18.0 Å². The molecule has 0 aromatic heterocycles. The summed E-state index contributed by atoms with van der Waals surface area (Å²) < 4.78 is 5.54. The zero-order valence-corrected chi connectivity index (χ0v) is 20.6. The van der Waals surface area contributed by atoms with Crippen LogP contribution in [0.15, 0.2) is 48.5 Å². The van der Waals surface area contributed by atoms with Gasteiger partial charge in [-0.3, -0.25) is 4.79 Å². The highest BCUT2D eigenvalue weighted by molar-refractivity contribution is 5.83. The van der Waals surface area contributed by atoms with E-state index in [1.54, 1.807) is 19.0 Å². The van der Waals surface area contributed by atoms with Crippen molar-refractivity contribution in [1.82, 2.24) is 15.5 Å². The predicted molar refractivity (Wildman–Crippen MR) is 134 cm³/mol. The molecule has 3 N–H and O–H groups in total. The minimum absolute atomic E-state index is 0.0210. The number of hydrogen-bond donors (Lipinski definition) is 3. The molecule has 3 rings (SSSR count). The smallest absolute Gasteiger partial charge is 0.407 e. The summed E-state index contributed by atoms with van der Waals surface area (Å²) >= 11 is 0. The Hall–Kier alpha value is -3.39. The molecule has 0 heterocycles. The Balaban J connectivity index is 1.37. The fourth-order valence-electron chi connectivity index (χ4n) is 4.41. The summed E-state index contributed by atoms with van der Waals surface area (Å²) in [5.41, 5.74) is 4.71. The van der Waals surface area contributed by atoms with Gasteiger partial charge in [0.25, 0.3) is 0 Å². The number of carbonyl (C=O) groups is 3. The number of carbonyl (C=O) groups excluding carboxylic acids is 2. The summed E-state index contributed by atoms with van der Waals surface area (Å²) in [6.45, 7) is 2.95. The van der Waals surface area contributed by atoms with Gasteiger partial charge in [0, 0.05) is 25.4 Å². The molecule has 1 unspecified atom stereocenters. The third kappa shape index (κ3) is 7.29. The van der Waals surface area contributed by atoms with Gasteiger partial charge in [-0.05, 0) is 55.1 Å². The number of alkyl carbamates (subject to hydrolysis) is 1. The van der Waals surface area contributed by atoms with Gasteiger partial charge < -0.3 is 25.4 Å². The molecule has 1 aliphatic carbocycles. The van der Waals surface area contributed by atoms with E-state index in [1.807, 2.05) is 31.2 Å². The molecule has 0 aliphatic heterocycles. The van der Waals surface area contributed by atoms with Crippen molar-refractivity contribution in [2.45, 2.75) is 38.1 Å². The summed E-state index contributed by atoms with van der Waals surface area (Å²) in [7, 11) is 3.52. The van der Waals surface area contributed by atoms with Crippen LogP contribution in [0.1, 0.15) is 43.2 Å². The Labute approximate surface area is 206 Å². The van der Waals surface area contributed by atoms with Crippen molar-refractivity contribution < 1.29 is 24.2 Å². The fourth-order valence-corrected chi connectivity index (χ4v) is 4.41. The predicted octanol–water partition coefficient (Wildman–Crippen LogP) is 3.46. The second-order valence-electron chi connectivity index (χ2n) is 9.41. The number of nitrogens with one attached hydrogen (secondary N) is 2. The monoisotopic (exact) mass is 481 g/mol. The van der Waals surface area contributed by atoms with Crippen molar-refractivity contribution in [3.8, 4) is 11.1 Å². The first-order valence-corrected chi connectivity index (χ1v) is 12.0. The van der Waals surface area contributed by atoms with Crippen LogP contribution in [0.5, 0.6) is 0 Å². The molecule has 0 fully saturated rings. The normalized spacial score (nSPS) is 14.1. The minimum atomic E-state index is -1.05. The Morgan fingerprint density at radius 1 is 1.00 bits per heavy atom. The maximum Gasteiger partial charge on any atom is 0.407 e. The Morgan fingerprint density at radius 2 is 1.60 bits per heavy atom. The third-order valence-electron chi connectivity index (χ3n) is 6.30. The SMILES string of the molecule is CC(CCNC(=O)OCC1c2ccccc2-c2ccccc21)CCC(=O)N[C@@H](CN(C)C)C(=O)O. The molecule has 0 saturated carbocycles. The van der Waals surface area contributed by atoms with Gasteiger partial charge in [0.05, 0.1) is 0 Å². The minimum Gasteiger partial charge on any atom is -0.480 e. The van der Waals surface area contributed by atoms with Gasteiger partial charge in [-0.2, -0.15) is 0 Å². The number of benzene rings is 2. The largest absolute Gasteiger partial charge is 0.480 e. The van der Waals surface area contributed by atoms with Gasteiger partial charge in [0.1, 0.15) is 12.6 Å². The molecule has 188 valence electrons. The van der Waals surface area contributed by atoms with Crippen molar-refractivity contribution in [1.29, 1.82) is 0 Å². The first-order valence-electron chi connectivity index (χ1n) is 12.0. The number of rotatable bonds is 12. The molecule has 8 heteroatoms. The van der Waals surface area contributed by atoms with Gasteiger partial charge in [0.15, 0.2) is 0 Å². The number of carboxylic acids is 1. The van der Waals surface area contributed by atoms with Gasteiger partial charge in [0.2, 0.25) is 5.91 Å². The van der Waals surface area contributed by atoms with Gasteiger partial charge >= 0.3 is 12.1 Å². The summed E-state index contributed by atoms with van der Waals surface area (Å²) in [6, 6.07) is 15.5. The molecule has 8 nitrogen and oxygen atoms in total. The van der Waals surface area contributed by atoms with E-state index in [0.717, 1.165) is 0 Å². The lowest BCUT2D eigenvalue weighted by molar-refractivity contribution is -0.142. The van der Waals surface area contributed by atoms with E-state index < -0.39 is 18.1 Å². The standard InChI is InChI=1S/C27H35N3O5/c1-18(12-13-25(31)29-24(26(32)33)16-30(2)3)14-15-28-27(34)35-17-23-21-10-6-4-8-19(21)20-9-5-7-11-22(20)23/h4-11,18,23-24H,12-17H2,1-3H3,(H,28,34)(H,29,31)(H,32,33)/t18?,24-/m0/s1. The summed E-state index contributed by atoms with van der Waals surface area (Å²) in [6.07, 6.45) is 1.08. The lowest BCUT2D eigenvalue weighted by atomic mass is 9.98. The van der Waals surface area contributed by atoms with Crippen molar-refractivity contribution in [3.05, 3.63) is 59.7 Å². The molecule has 2 amide bonds. The molecule has 2 aromatic carbocycles. The van der Waals surface area contributed by atoms with Crippen molar-refractivity contribution in [2.24, 2.45) is 5.92 Å². The van der Waals surface area contributed by atoms with Crippen LogP contribution < -0.4 is 10.6 Å². The lowest BCUT2D eigenvalue weighted by Crippen LogP contribution is -2.46. The molecular formula is C27H35N3O5. The molecule has 0 radical (unpaired) electrons. The maximum atomic E-state index is 12.3. The quantitative estimate of drug-likeness (QED) is 0.429. The first-order chi connectivity index (χ1) is 16.8. The molecule has 0 spiro atoms. The van der Waals surface area contributed by atoms with Crippen molar-refractivity contribution in [2.75, 3.05) is 33.8 Å². The number of ether oxygens (including phenoxy) is 1. The highest BCUT2D eigenvalue weighted by Crippen LogP contribution is 2.44. The second-order valence-corrected chi connectivity index (χ2v) is 9.41. The van der Waals surface area contributed by atoms with E-state index in [0.29, 0.717) is 19.4 Å². The Kier molecular flexibility index (Phi) is 9.25. The zero-order chi connectivity index (χ0) is 25.4. The molecule has 2 atom stereocenters. The van der Waals surface area contributed by atoms with E-state index in [2.05, 4.69) is 34.9 Å². The average Bonchev–Trinajstić information content (AvgIpc) is 3.14. The Morgan fingerprint density at radius 3 is 2.17 bits per heavy atom. The van der Waals surface area contributed by atoms with Crippen LogP contribution in [0.3, 0.4) is 0 Å². The zero-order valence-electron chi connectivity index (χ0n) is 20.6. The van der Waals surface area contributed by atoms with Crippen molar-refractivity contribution in [3.63, 3.8) is 0 Å². The lowest BCUT2D eigenvalue weighted by Gasteiger charge is -2.19. The summed E-state index contributed by atoms with van der Waals surface area (Å²) in [4.78, 5) is 37.4. The summed E-state index contributed by atoms with van der Waals surface area (Å²) in [5.74, 6) is -1.12. The van der Waals surface area contributed by atoms with Crippen LogP contribution in [-0.2, 0) is 14.3 Å². The molecule has 0 bridgehead atoms. The molecule has 2 aromatic rings. The van der Waals surface area contributed by atoms with E-state index in [1.165, 1.54) is 22.3 Å². The number of likely N-dealkylation sites (N-methyl/N-ethyl adjacent to an activating group) is 1. The Bertz CT molecular complexity index is 993. The van der Waals surface area contributed by atoms with E-state index in [4.69, 9.17) is 4.74 Å². The van der Waals surface area contributed by atoms with E-state index in [9.17, 15) is 19.5 Å². The number of carboxylic acid groups (broad SMARTS) is 1. The van der Waals surface area contributed by atoms with Crippen LogP contribution in [0, 0.1) is 5.92 Å².